The average Bonchev–Trinajstić information content (AvgIpc) is 2.81. The van der Waals surface area contributed by atoms with Crippen molar-refractivity contribution < 1.29 is 14.3 Å². The van der Waals surface area contributed by atoms with Gasteiger partial charge in [-0.25, -0.2) is 4.98 Å². The minimum Gasteiger partial charge on any atom is -0.486 e. The summed E-state index contributed by atoms with van der Waals surface area (Å²) in [7, 11) is 0. The first kappa shape index (κ1) is 23.4. The lowest BCUT2D eigenvalue weighted by Crippen LogP contribution is -2.38. The van der Waals surface area contributed by atoms with Gasteiger partial charge in [0, 0.05) is 6.04 Å². The van der Waals surface area contributed by atoms with Crippen LogP contribution in [0.1, 0.15) is 74.3 Å². The molecule has 1 amide bonds. The van der Waals surface area contributed by atoms with Crippen LogP contribution in [0.4, 0.5) is 0 Å². The van der Waals surface area contributed by atoms with Crippen molar-refractivity contribution in [1.29, 1.82) is 0 Å². The van der Waals surface area contributed by atoms with Gasteiger partial charge >= 0.3 is 0 Å². The van der Waals surface area contributed by atoms with Gasteiger partial charge in [-0.15, -0.1) is 0 Å². The number of carbonyl (C=O) groups is 1. The molecule has 0 unspecified atom stereocenters. The molecule has 1 aliphatic rings. The highest BCUT2D eigenvalue weighted by molar-refractivity contribution is 7.98. The number of hydrogen-bond donors (Lipinski definition) is 1. The van der Waals surface area contributed by atoms with Crippen LogP contribution in [-0.4, -0.2) is 41.4 Å². The lowest BCUT2D eigenvalue weighted by atomic mass is 9.82. The third-order valence-electron chi connectivity index (χ3n) is 5.57. The monoisotopic (exact) mass is 443 g/mol. The lowest BCUT2D eigenvalue weighted by Gasteiger charge is -2.29. The molecule has 1 aromatic carbocycles. The Morgan fingerprint density at radius 1 is 1.10 bits per heavy atom. The van der Waals surface area contributed by atoms with E-state index in [9.17, 15) is 4.79 Å². The predicted octanol–water partition coefficient (Wildman–Crippen LogP) is 5.23. The Morgan fingerprint density at radius 3 is 2.48 bits per heavy atom. The lowest BCUT2D eigenvalue weighted by molar-refractivity contribution is 0.0913. The standard InChI is InChI=1S/C24H33N3O3S/c1-4-6-16-30-21-20(26-24(31-3)27-23(21)29-5-2)22(28)25-19-14-12-18(13-15-19)17-10-8-7-9-11-17/h7-11,18-19H,4-6,12-16H2,1-3H3,(H,25,28)/t18-,19+. The molecule has 1 saturated carbocycles. The fourth-order valence-corrected chi connectivity index (χ4v) is 4.25. The van der Waals surface area contributed by atoms with E-state index in [4.69, 9.17) is 9.47 Å². The highest BCUT2D eigenvalue weighted by Crippen LogP contribution is 2.34. The molecule has 168 valence electrons. The van der Waals surface area contributed by atoms with Crippen molar-refractivity contribution in [2.75, 3.05) is 19.5 Å². The van der Waals surface area contributed by atoms with Crippen LogP contribution in [-0.2, 0) is 0 Å². The largest absolute Gasteiger partial charge is 0.486 e. The van der Waals surface area contributed by atoms with Crippen molar-refractivity contribution in [3.8, 4) is 11.6 Å². The van der Waals surface area contributed by atoms with Crippen LogP contribution in [0.2, 0.25) is 0 Å². The second-order valence-electron chi connectivity index (χ2n) is 7.76. The first-order valence-electron chi connectivity index (χ1n) is 11.2. The molecule has 0 saturated heterocycles. The molecule has 1 aromatic heterocycles. The van der Waals surface area contributed by atoms with Crippen molar-refractivity contribution in [1.82, 2.24) is 15.3 Å². The van der Waals surface area contributed by atoms with Crippen LogP contribution in [0, 0.1) is 0 Å². The summed E-state index contributed by atoms with van der Waals surface area (Å²) in [5.74, 6) is 1.04. The van der Waals surface area contributed by atoms with Gasteiger partial charge < -0.3 is 14.8 Å². The van der Waals surface area contributed by atoms with E-state index in [0.717, 1.165) is 38.5 Å². The zero-order valence-electron chi connectivity index (χ0n) is 18.7. The molecule has 0 atom stereocenters. The van der Waals surface area contributed by atoms with Crippen LogP contribution in [0.5, 0.6) is 11.6 Å². The maximum atomic E-state index is 13.2. The summed E-state index contributed by atoms with van der Waals surface area (Å²) in [6.07, 6.45) is 7.82. The maximum Gasteiger partial charge on any atom is 0.274 e. The van der Waals surface area contributed by atoms with Gasteiger partial charge in [0.15, 0.2) is 10.9 Å². The van der Waals surface area contributed by atoms with Crippen molar-refractivity contribution >= 4 is 17.7 Å². The molecule has 31 heavy (non-hydrogen) atoms. The number of carbonyl (C=O) groups excluding carboxylic acids is 1. The molecule has 0 aliphatic heterocycles. The number of unbranched alkanes of at least 4 members (excludes halogenated alkanes) is 1. The predicted molar refractivity (Wildman–Crippen MR) is 124 cm³/mol. The van der Waals surface area contributed by atoms with E-state index in [1.165, 1.54) is 17.3 Å². The van der Waals surface area contributed by atoms with Crippen molar-refractivity contribution in [3.05, 3.63) is 41.6 Å². The van der Waals surface area contributed by atoms with E-state index in [0.29, 0.717) is 35.9 Å². The number of amides is 1. The average molecular weight is 444 g/mol. The molecule has 6 nitrogen and oxygen atoms in total. The van der Waals surface area contributed by atoms with E-state index in [2.05, 4.69) is 52.5 Å². The van der Waals surface area contributed by atoms with Crippen molar-refractivity contribution in [2.24, 2.45) is 0 Å². The summed E-state index contributed by atoms with van der Waals surface area (Å²) < 4.78 is 11.6. The normalized spacial score (nSPS) is 18.4. The van der Waals surface area contributed by atoms with Gasteiger partial charge in [-0.3, -0.25) is 4.79 Å². The van der Waals surface area contributed by atoms with E-state index in [-0.39, 0.29) is 17.6 Å². The molecule has 0 radical (unpaired) electrons. The smallest absolute Gasteiger partial charge is 0.274 e. The Balaban J connectivity index is 1.71. The van der Waals surface area contributed by atoms with Gasteiger partial charge in [-0.05, 0) is 56.8 Å². The van der Waals surface area contributed by atoms with Crippen LogP contribution in [0.3, 0.4) is 0 Å². The van der Waals surface area contributed by atoms with Gasteiger partial charge in [-0.1, -0.05) is 55.4 Å². The summed E-state index contributed by atoms with van der Waals surface area (Å²) in [5.41, 5.74) is 1.66. The molecule has 1 N–H and O–H groups in total. The summed E-state index contributed by atoms with van der Waals surface area (Å²) in [6, 6.07) is 10.8. The summed E-state index contributed by atoms with van der Waals surface area (Å²) >= 11 is 1.38. The third-order valence-corrected chi connectivity index (χ3v) is 6.12. The Hall–Kier alpha value is -2.28. The highest BCUT2D eigenvalue weighted by Gasteiger charge is 2.27. The zero-order chi connectivity index (χ0) is 22.1. The Bertz CT molecular complexity index is 839. The SMILES string of the molecule is CCCCOc1c(OCC)nc(SC)nc1C(=O)N[C@H]1CC[C@@H](c2ccccc2)CC1. The van der Waals surface area contributed by atoms with Gasteiger partial charge in [0.25, 0.3) is 11.8 Å². The first-order chi connectivity index (χ1) is 15.2. The van der Waals surface area contributed by atoms with E-state index < -0.39 is 0 Å². The Morgan fingerprint density at radius 2 is 1.84 bits per heavy atom. The van der Waals surface area contributed by atoms with Gasteiger partial charge in [0.2, 0.25) is 5.75 Å². The quantitative estimate of drug-likeness (QED) is 0.308. The van der Waals surface area contributed by atoms with Crippen molar-refractivity contribution in [2.45, 2.75) is 69.5 Å². The molecule has 0 bridgehead atoms. The maximum absolute atomic E-state index is 13.2. The summed E-state index contributed by atoms with van der Waals surface area (Å²) in [6.45, 7) is 4.93. The number of nitrogens with one attached hydrogen (secondary N) is 1. The molecule has 2 aromatic rings. The van der Waals surface area contributed by atoms with Gasteiger partial charge in [0.05, 0.1) is 13.2 Å². The number of thioether (sulfide) groups is 1. The topological polar surface area (TPSA) is 73.3 Å². The zero-order valence-corrected chi connectivity index (χ0v) is 19.5. The second-order valence-corrected chi connectivity index (χ2v) is 8.53. The van der Waals surface area contributed by atoms with Crippen LogP contribution in [0.25, 0.3) is 0 Å². The second kappa shape index (κ2) is 11.9. The van der Waals surface area contributed by atoms with Crippen LogP contribution in [0.15, 0.2) is 35.5 Å². The fourth-order valence-electron chi connectivity index (χ4n) is 3.89. The Labute approximate surface area is 189 Å². The molecule has 0 spiro atoms. The summed E-state index contributed by atoms with van der Waals surface area (Å²) in [5, 5.41) is 3.69. The van der Waals surface area contributed by atoms with E-state index in [1.807, 2.05) is 13.2 Å². The minimum atomic E-state index is -0.215. The molecule has 1 heterocycles. The third kappa shape index (κ3) is 6.35. The number of benzene rings is 1. The number of ether oxygens (including phenoxy) is 2. The molecular weight excluding hydrogens is 410 g/mol. The summed E-state index contributed by atoms with van der Waals surface area (Å²) in [4.78, 5) is 22.1. The minimum absolute atomic E-state index is 0.138. The molecule has 3 rings (SSSR count). The fraction of sp³-hybridized carbons (Fsp3) is 0.542. The van der Waals surface area contributed by atoms with Crippen LogP contribution >= 0.6 is 11.8 Å². The molecule has 7 heteroatoms. The highest BCUT2D eigenvalue weighted by atomic mass is 32.2. The van der Waals surface area contributed by atoms with E-state index >= 15 is 0 Å². The molecular formula is C24H33N3O3S. The molecule has 1 fully saturated rings. The van der Waals surface area contributed by atoms with Gasteiger partial charge in [0.1, 0.15) is 0 Å². The van der Waals surface area contributed by atoms with Crippen molar-refractivity contribution in [3.63, 3.8) is 0 Å². The molecule has 1 aliphatic carbocycles. The van der Waals surface area contributed by atoms with Gasteiger partial charge in [-0.2, -0.15) is 4.98 Å². The van der Waals surface area contributed by atoms with E-state index in [1.54, 1.807) is 0 Å². The number of rotatable bonds is 10. The number of hydrogen-bond acceptors (Lipinski definition) is 6. The number of aromatic nitrogens is 2. The Kier molecular flexibility index (Phi) is 9.00. The number of nitrogens with zero attached hydrogens (tertiary/aromatic N) is 2. The van der Waals surface area contributed by atoms with Crippen LogP contribution < -0.4 is 14.8 Å². The first-order valence-corrected chi connectivity index (χ1v) is 12.5.